The first-order chi connectivity index (χ1) is 5.93. The van der Waals surface area contributed by atoms with Crippen molar-refractivity contribution in [3.63, 3.8) is 0 Å². The lowest BCUT2D eigenvalue weighted by Crippen LogP contribution is -2.12. The second-order valence-corrected chi connectivity index (χ2v) is 4.19. The molecule has 0 unspecified atom stereocenters. The van der Waals surface area contributed by atoms with Crippen LogP contribution in [0.1, 0.15) is 34.1 Å². The second kappa shape index (κ2) is 5.79. The van der Waals surface area contributed by atoms with E-state index in [1.165, 1.54) is 0 Å². The fraction of sp³-hybridized carbons (Fsp3) is 0.727. The maximum Gasteiger partial charge on any atom is 0.333 e. The summed E-state index contributed by atoms with van der Waals surface area (Å²) in [5.41, 5.74) is 0.579. The largest absolute Gasteiger partial charge is 0.462 e. The van der Waals surface area contributed by atoms with Crippen LogP contribution in [-0.4, -0.2) is 12.6 Å². The van der Waals surface area contributed by atoms with Crippen molar-refractivity contribution in [1.82, 2.24) is 0 Å². The van der Waals surface area contributed by atoms with Crippen molar-refractivity contribution in [2.24, 2.45) is 11.8 Å². The first-order valence-corrected chi connectivity index (χ1v) is 4.78. The summed E-state index contributed by atoms with van der Waals surface area (Å²) < 4.78 is 5.03. The fourth-order valence-electron chi connectivity index (χ4n) is 0.921. The number of hydrogen-bond acceptors (Lipinski definition) is 2. The highest BCUT2D eigenvalue weighted by Gasteiger charge is 2.10. The molecule has 0 saturated heterocycles. The summed E-state index contributed by atoms with van der Waals surface area (Å²) in [6.45, 7) is 12.3. The van der Waals surface area contributed by atoms with Crippen LogP contribution in [0, 0.1) is 11.8 Å². The highest BCUT2D eigenvalue weighted by Crippen LogP contribution is 2.10. The van der Waals surface area contributed by atoms with Gasteiger partial charge in [0.05, 0.1) is 6.61 Å². The van der Waals surface area contributed by atoms with E-state index in [2.05, 4.69) is 20.4 Å². The topological polar surface area (TPSA) is 26.3 Å². The molecule has 0 atom stereocenters. The summed E-state index contributed by atoms with van der Waals surface area (Å²) in [6, 6.07) is 0. The summed E-state index contributed by atoms with van der Waals surface area (Å²) in [4.78, 5) is 11.3. The van der Waals surface area contributed by atoms with E-state index in [0.717, 1.165) is 6.42 Å². The molecule has 0 heterocycles. The van der Waals surface area contributed by atoms with Crippen LogP contribution in [0.15, 0.2) is 12.2 Å². The standard InChI is InChI=1S/C11H20O2/c1-8(2)6-10(5)11(12)13-7-9(3)4/h8-9H,5-7H2,1-4H3. The van der Waals surface area contributed by atoms with Crippen LogP contribution in [0.5, 0.6) is 0 Å². The lowest BCUT2D eigenvalue weighted by atomic mass is 10.1. The van der Waals surface area contributed by atoms with Crippen LogP contribution in [0.4, 0.5) is 0 Å². The Morgan fingerprint density at radius 1 is 1.23 bits per heavy atom. The van der Waals surface area contributed by atoms with Gasteiger partial charge < -0.3 is 4.74 Å². The number of esters is 1. The Morgan fingerprint density at radius 2 is 1.77 bits per heavy atom. The predicted octanol–water partition coefficient (Wildman–Crippen LogP) is 2.79. The lowest BCUT2D eigenvalue weighted by molar-refractivity contribution is -0.140. The number of rotatable bonds is 5. The molecule has 13 heavy (non-hydrogen) atoms. The van der Waals surface area contributed by atoms with Crippen molar-refractivity contribution < 1.29 is 9.53 Å². The maximum atomic E-state index is 11.3. The average molecular weight is 184 g/mol. The third-order valence-electron chi connectivity index (χ3n) is 1.49. The number of ether oxygens (including phenoxy) is 1. The van der Waals surface area contributed by atoms with Gasteiger partial charge in [-0.2, -0.15) is 0 Å². The highest BCUT2D eigenvalue weighted by atomic mass is 16.5. The van der Waals surface area contributed by atoms with E-state index in [1.54, 1.807) is 0 Å². The van der Waals surface area contributed by atoms with Crippen LogP contribution in [0.3, 0.4) is 0 Å². The van der Waals surface area contributed by atoms with Gasteiger partial charge in [0.1, 0.15) is 0 Å². The molecule has 0 fully saturated rings. The van der Waals surface area contributed by atoms with E-state index in [0.29, 0.717) is 24.0 Å². The molecule has 0 bridgehead atoms. The average Bonchev–Trinajstić information content (AvgIpc) is 1.98. The highest BCUT2D eigenvalue weighted by molar-refractivity contribution is 5.87. The van der Waals surface area contributed by atoms with Crippen LogP contribution in [0.2, 0.25) is 0 Å². The van der Waals surface area contributed by atoms with E-state index < -0.39 is 0 Å². The van der Waals surface area contributed by atoms with Crippen molar-refractivity contribution >= 4 is 5.97 Å². The van der Waals surface area contributed by atoms with Gasteiger partial charge in [-0.1, -0.05) is 34.3 Å². The van der Waals surface area contributed by atoms with Crippen LogP contribution < -0.4 is 0 Å². The molecule has 0 aliphatic heterocycles. The molecule has 76 valence electrons. The Bertz CT molecular complexity index is 181. The molecule has 2 heteroatoms. The van der Waals surface area contributed by atoms with Crippen LogP contribution in [0.25, 0.3) is 0 Å². The summed E-state index contributed by atoms with van der Waals surface area (Å²) in [5, 5.41) is 0. The first kappa shape index (κ1) is 12.2. The normalized spacial score (nSPS) is 10.6. The quantitative estimate of drug-likeness (QED) is 0.485. The zero-order valence-corrected chi connectivity index (χ0v) is 9.09. The maximum absolute atomic E-state index is 11.3. The van der Waals surface area contributed by atoms with Gasteiger partial charge in [0.2, 0.25) is 0 Å². The monoisotopic (exact) mass is 184 g/mol. The van der Waals surface area contributed by atoms with E-state index >= 15 is 0 Å². The number of hydrogen-bond donors (Lipinski definition) is 0. The Hall–Kier alpha value is -0.790. The van der Waals surface area contributed by atoms with E-state index in [4.69, 9.17) is 4.74 Å². The Morgan fingerprint density at radius 3 is 2.15 bits per heavy atom. The van der Waals surface area contributed by atoms with Gasteiger partial charge in [0.15, 0.2) is 0 Å². The van der Waals surface area contributed by atoms with Crippen molar-refractivity contribution in [3.05, 3.63) is 12.2 Å². The van der Waals surface area contributed by atoms with Crippen LogP contribution >= 0.6 is 0 Å². The molecule has 0 aliphatic carbocycles. The molecule has 0 saturated carbocycles. The van der Waals surface area contributed by atoms with Gasteiger partial charge in [-0.05, 0) is 18.3 Å². The van der Waals surface area contributed by atoms with E-state index in [9.17, 15) is 4.79 Å². The minimum atomic E-state index is -0.248. The van der Waals surface area contributed by atoms with Gasteiger partial charge in [-0.15, -0.1) is 0 Å². The molecule has 0 radical (unpaired) electrons. The smallest absolute Gasteiger partial charge is 0.333 e. The molecule has 2 nitrogen and oxygen atoms in total. The zero-order valence-electron chi connectivity index (χ0n) is 9.09. The third kappa shape index (κ3) is 6.38. The third-order valence-corrected chi connectivity index (χ3v) is 1.49. The molecule has 0 N–H and O–H groups in total. The van der Waals surface area contributed by atoms with Crippen LogP contribution in [-0.2, 0) is 9.53 Å². The molecule has 0 aliphatic rings. The predicted molar refractivity (Wildman–Crippen MR) is 54.4 cm³/mol. The lowest BCUT2D eigenvalue weighted by Gasteiger charge is -2.10. The molecular weight excluding hydrogens is 164 g/mol. The second-order valence-electron chi connectivity index (χ2n) is 4.19. The van der Waals surface area contributed by atoms with E-state index in [1.807, 2.05) is 13.8 Å². The first-order valence-electron chi connectivity index (χ1n) is 4.78. The number of carbonyl (C=O) groups excluding carboxylic acids is 1. The molecule has 0 aromatic carbocycles. The van der Waals surface area contributed by atoms with Crippen molar-refractivity contribution in [3.8, 4) is 0 Å². The van der Waals surface area contributed by atoms with Gasteiger partial charge in [-0.3, -0.25) is 0 Å². The summed E-state index contributed by atoms with van der Waals surface area (Å²) in [5.74, 6) is 0.595. The minimum Gasteiger partial charge on any atom is -0.462 e. The molecule has 0 rings (SSSR count). The zero-order chi connectivity index (χ0) is 10.4. The van der Waals surface area contributed by atoms with Crippen molar-refractivity contribution in [2.75, 3.05) is 6.61 Å². The summed E-state index contributed by atoms with van der Waals surface area (Å²) in [6.07, 6.45) is 0.719. The van der Waals surface area contributed by atoms with Gasteiger partial charge >= 0.3 is 5.97 Å². The molecule has 0 amide bonds. The Balaban J connectivity index is 3.77. The fourth-order valence-corrected chi connectivity index (χ4v) is 0.921. The van der Waals surface area contributed by atoms with Gasteiger partial charge in [-0.25, -0.2) is 4.79 Å². The van der Waals surface area contributed by atoms with Gasteiger partial charge in [0.25, 0.3) is 0 Å². The molecule has 0 aromatic heterocycles. The van der Waals surface area contributed by atoms with Gasteiger partial charge in [0, 0.05) is 5.57 Å². The Kier molecular flexibility index (Phi) is 5.44. The SMILES string of the molecule is C=C(CC(C)C)C(=O)OCC(C)C. The summed E-state index contributed by atoms with van der Waals surface area (Å²) in [7, 11) is 0. The molecule has 0 aromatic rings. The molecule has 0 spiro atoms. The molecular formula is C11H20O2. The summed E-state index contributed by atoms with van der Waals surface area (Å²) >= 11 is 0. The van der Waals surface area contributed by atoms with E-state index in [-0.39, 0.29) is 5.97 Å². The van der Waals surface area contributed by atoms with Crippen molar-refractivity contribution in [2.45, 2.75) is 34.1 Å². The van der Waals surface area contributed by atoms with Crippen molar-refractivity contribution in [1.29, 1.82) is 0 Å². The minimum absolute atomic E-state index is 0.248. The number of carbonyl (C=O) groups is 1. The Labute approximate surface area is 81.0 Å².